The maximum Gasteiger partial charge on any atom is 0.247 e. The Labute approximate surface area is 167 Å². The van der Waals surface area contributed by atoms with Crippen molar-refractivity contribution in [3.63, 3.8) is 0 Å². The molecule has 1 N–H and O–H groups in total. The Balaban J connectivity index is 1.74. The Bertz CT molecular complexity index is 1100. The average Bonchev–Trinajstić information content (AvgIpc) is 3.20. The zero-order valence-electron chi connectivity index (χ0n) is 15.1. The van der Waals surface area contributed by atoms with Crippen molar-refractivity contribution in [3.05, 3.63) is 101 Å². The maximum atomic E-state index is 14.5. The molecule has 0 aliphatic carbocycles. The van der Waals surface area contributed by atoms with Gasteiger partial charge >= 0.3 is 0 Å². The highest BCUT2D eigenvalue weighted by Crippen LogP contribution is 2.31. The molecule has 0 spiro atoms. The molecule has 140 valence electrons. The van der Waals surface area contributed by atoms with E-state index < -0.39 is 6.04 Å². The third-order valence-electron chi connectivity index (χ3n) is 4.41. The topological polar surface area (TPSA) is 51.0 Å². The Hall–Kier alpha value is -3.18. The minimum absolute atomic E-state index is 0.264. The van der Waals surface area contributed by atoms with Crippen LogP contribution in [0.15, 0.2) is 77.2 Å². The van der Waals surface area contributed by atoms with Crippen molar-refractivity contribution < 1.29 is 8.81 Å². The van der Waals surface area contributed by atoms with E-state index in [1.165, 1.54) is 6.07 Å². The van der Waals surface area contributed by atoms with E-state index in [1.54, 1.807) is 24.3 Å². The highest BCUT2D eigenvalue weighted by molar-refractivity contribution is 6.31. The van der Waals surface area contributed by atoms with E-state index >= 15 is 0 Å². The summed E-state index contributed by atoms with van der Waals surface area (Å²) in [5.74, 6) is 0.277. The Morgan fingerprint density at radius 1 is 0.964 bits per heavy atom. The number of nitrogens with zero attached hydrogens (tertiary/aromatic N) is 2. The molecule has 6 heteroatoms. The first kappa shape index (κ1) is 18.2. The van der Waals surface area contributed by atoms with Crippen LogP contribution in [-0.2, 0) is 0 Å². The van der Waals surface area contributed by atoms with Crippen LogP contribution in [0.25, 0.3) is 11.5 Å². The van der Waals surface area contributed by atoms with Gasteiger partial charge in [-0.25, -0.2) is 4.39 Å². The molecule has 4 nitrogen and oxygen atoms in total. The molecule has 0 aliphatic rings. The summed E-state index contributed by atoms with van der Waals surface area (Å²) in [5.41, 5.74) is 2.89. The van der Waals surface area contributed by atoms with Gasteiger partial charge < -0.3 is 9.73 Å². The van der Waals surface area contributed by atoms with Gasteiger partial charge in [0.25, 0.3) is 0 Å². The van der Waals surface area contributed by atoms with E-state index in [0.717, 1.165) is 16.8 Å². The van der Waals surface area contributed by atoms with E-state index in [0.29, 0.717) is 16.5 Å². The molecule has 0 radical (unpaired) electrons. The van der Waals surface area contributed by atoms with Crippen LogP contribution in [0.3, 0.4) is 0 Å². The molecule has 0 unspecified atom stereocenters. The summed E-state index contributed by atoms with van der Waals surface area (Å²) in [5, 5.41) is 12.2. The number of hydrogen-bond acceptors (Lipinski definition) is 4. The van der Waals surface area contributed by atoms with Crippen LogP contribution in [-0.4, -0.2) is 10.2 Å². The molecule has 3 aromatic carbocycles. The van der Waals surface area contributed by atoms with Gasteiger partial charge in [0.15, 0.2) is 0 Å². The van der Waals surface area contributed by atoms with Crippen molar-refractivity contribution >= 4 is 17.3 Å². The van der Waals surface area contributed by atoms with Gasteiger partial charge in [-0.05, 0) is 42.8 Å². The molecular weight excluding hydrogens is 377 g/mol. The summed E-state index contributed by atoms with van der Waals surface area (Å²) in [7, 11) is 0. The van der Waals surface area contributed by atoms with Crippen LogP contribution in [0.1, 0.15) is 23.1 Å². The molecule has 0 amide bonds. The largest absolute Gasteiger partial charge is 0.418 e. The van der Waals surface area contributed by atoms with Gasteiger partial charge in [-0.15, -0.1) is 10.2 Å². The number of nitrogens with one attached hydrogen (secondary N) is 1. The first-order valence-electron chi connectivity index (χ1n) is 8.78. The fourth-order valence-corrected chi connectivity index (χ4v) is 3.06. The fraction of sp³-hybridized carbons (Fsp3) is 0.0909. The summed E-state index contributed by atoms with van der Waals surface area (Å²) in [6.45, 7) is 1.92. The van der Waals surface area contributed by atoms with Crippen molar-refractivity contribution in [1.82, 2.24) is 10.2 Å². The van der Waals surface area contributed by atoms with Gasteiger partial charge in [0, 0.05) is 21.8 Å². The third kappa shape index (κ3) is 3.75. The van der Waals surface area contributed by atoms with E-state index in [4.69, 9.17) is 16.0 Å². The van der Waals surface area contributed by atoms with Crippen LogP contribution in [0.2, 0.25) is 5.02 Å². The lowest BCUT2D eigenvalue weighted by atomic mass is 10.1. The lowest BCUT2D eigenvalue weighted by Crippen LogP contribution is -2.14. The molecule has 28 heavy (non-hydrogen) atoms. The van der Waals surface area contributed by atoms with Crippen LogP contribution >= 0.6 is 11.6 Å². The predicted molar refractivity (Wildman–Crippen MR) is 108 cm³/mol. The van der Waals surface area contributed by atoms with Crippen LogP contribution in [0.5, 0.6) is 0 Å². The number of anilines is 1. The number of aromatic nitrogens is 2. The quantitative estimate of drug-likeness (QED) is 0.449. The van der Waals surface area contributed by atoms with Crippen LogP contribution < -0.4 is 5.32 Å². The number of benzene rings is 3. The maximum absolute atomic E-state index is 14.5. The highest BCUT2D eigenvalue weighted by Gasteiger charge is 2.24. The predicted octanol–water partition coefficient (Wildman–Crippen LogP) is 6.04. The van der Waals surface area contributed by atoms with Gasteiger partial charge in [-0.3, -0.25) is 0 Å². The highest BCUT2D eigenvalue weighted by atomic mass is 35.5. The SMILES string of the molecule is Cc1ccc(N[C@H](c2nnc(-c3ccccc3)o2)c2ccccc2F)cc1Cl. The molecule has 0 saturated carbocycles. The number of hydrogen-bond donors (Lipinski definition) is 1. The first-order chi connectivity index (χ1) is 13.6. The second kappa shape index (κ2) is 7.82. The minimum atomic E-state index is -0.662. The molecule has 1 heterocycles. The second-order valence-corrected chi connectivity index (χ2v) is 6.78. The fourth-order valence-electron chi connectivity index (χ4n) is 2.88. The van der Waals surface area contributed by atoms with Gasteiger partial charge in [-0.1, -0.05) is 54.1 Å². The average molecular weight is 394 g/mol. The van der Waals surface area contributed by atoms with Crippen molar-refractivity contribution in [2.45, 2.75) is 13.0 Å². The molecule has 1 aromatic heterocycles. The standard InChI is InChI=1S/C22H17ClFN3O/c1-14-11-12-16(13-18(14)23)25-20(17-9-5-6-10-19(17)24)22-27-26-21(28-22)15-7-3-2-4-8-15/h2-13,20,25H,1H3/t20-/m0/s1. The zero-order valence-corrected chi connectivity index (χ0v) is 15.8. The summed E-state index contributed by atoms with van der Waals surface area (Å²) in [6.07, 6.45) is 0. The third-order valence-corrected chi connectivity index (χ3v) is 4.81. The van der Waals surface area contributed by atoms with E-state index in [-0.39, 0.29) is 11.7 Å². The number of aryl methyl sites for hydroxylation is 1. The van der Waals surface area contributed by atoms with Crippen LogP contribution in [0, 0.1) is 12.7 Å². The monoisotopic (exact) mass is 393 g/mol. The van der Waals surface area contributed by atoms with Gasteiger partial charge in [0.05, 0.1) is 0 Å². The van der Waals surface area contributed by atoms with E-state index in [2.05, 4.69) is 15.5 Å². The number of rotatable bonds is 5. The van der Waals surface area contributed by atoms with Crippen molar-refractivity contribution in [3.8, 4) is 11.5 Å². The van der Waals surface area contributed by atoms with E-state index in [9.17, 15) is 4.39 Å². The molecule has 4 aromatic rings. The first-order valence-corrected chi connectivity index (χ1v) is 9.15. The molecule has 1 atom stereocenters. The zero-order chi connectivity index (χ0) is 19.5. The molecule has 4 rings (SSSR count). The second-order valence-electron chi connectivity index (χ2n) is 6.37. The summed E-state index contributed by atoms with van der Waals surface area (Å²) in [4.78, 5) is 0. The summed E-state index contributed by atoms with van der Waals surface area (Å²) in [6, 6.07) is 20.8. The van der Waals surface area contributed by atoms with Crippen molar-refractivity contribution in [2.24, 2.45) is 0 Å². The molecular formula is C22H17ClFN3O. The van der Waals surface area contributed by atoms with Gasteiger partial charge in [0.2, 0.25) is 11.8 Å². The smallest absolute Gasteiger partial charge is 0.247 e. The lowest BCUT2D eigenvalue weighted by Gasteiger charge is -2.18. The number of halogens is 2. The van der Waals surface area contributed by atoms with E-state index in [1.807, 2.05) is 49.4 Å². The normalized spacial score (nSPS) is 12.0. The molecule has 0 saturated heterocycles. The van der Waals surface area contributed by atoms with Gasteiger partial charge in [-0.2, -0.15) is 0 Å². The minimum Gasteiger partial charge on any atom is -0.418 e. The molecule has 0 fully saturated rings. The van der Waals surface area contributed by atoms with Crippen molar-refractivity contribution in [1.29, 1.82) is 0 Å². The van der Waals surface area contributed by atoms with Crippen LogP contribution in [0.4, 0.5) is 10.1 Å². The molecule has 0 aliphatic heterocycles. The van der Waals surface area contributed by atoms with Gasteiger partial charge in [0.1, 0.15) is 11.9 Å². The van der Waals surface area contributed by atoms with Crippen molar-refractivity contribution in [2.75, 3.05) is 5.32 Å². The summed E-state index contributed by atoms with van der Waals surface area (Å²) >= 11 is 6.24. The lowest BCUT2D eigenvalue weighted by molar-refractivity contribution is 0.485. The molecule has 0 bridgehead atoms. The Morgan fingerprint density at radius 3 is 2.46 bits per heavy atom. The summed E-state index contributed by atoms with van der Waals surface area (Å²) < 4.78 is 20.4. The Morgan fingerprint density at radius 2 is 1.71 bits per heavy atom. The Kier molecular flexibility index (Phi) is 5.08.